The van der Waals surface area contributed by atoms with Gasteiger partial charge in [-0.1, -0.05) is 68.4 Å². The molecule has 3 aromatic rings. The van der Waals surface area contributed by atoms with Gasteiger partial charge in [0.25, 0.3) is 0 Å². The number of benzene rings is 2. The summed E-state index contributed by atoms with van der Waals surface area (Å²) in [5.41, 5.74) is 4.56. The molecule has 0 aliphatic carbocycles. The number of carbonyl (C=O) groups is 1. The van der Waals surface area contributed by atoms with Gasteiger partial charge in [0.1, 0.15) is 0 Å². The predicted octanol–water partition coefficient (Wildman–Crippen LogP) is 6.42. The standard InChI is InChI=1S/C23H25NOS/c1-16(2)22-15-21(17(3)26-22)24-23(25)14-11-18-9-12-20(13-10-18)19-7-5-4-6-8-19/h4-10,12-13,15-16H,11,14H2,1-3H3,(H,24,25). The molecule has 3 heteroatoms. The smallest absolute Gasteiger partial charge is 0.224 e. The van der Waals surface area contributed by atoms with E-state index >= 15 is 0 Å². The molecule has 0 atom stereocenters. The van der Waals surface area contributed by atoms with E-state index in [1.165, 1.54) is 26.4 Å². The van der Waals surface area contributed by atoms with Gasteiger partial charge in [0.05, 0.1) is 5.69 Å². The molecule has 2 nitrogen and oxygen atoms in total. The summed E-state index contributed by atoms with van der Waals surface area (Å²) >= 11 is 1.76. The number of nitrogens with one attached hydrogen (secondary N) is 1. The molecule has 1 N–H and O–H groups in total. The SMILES string of the molecule is Cc1sc(C(C)C)cc1NC(=O)CCc1ccc(-c2ccccc2)cc1. The van der Waals surface area contributed by atoms with Crippen LogP contribution < -0.4 is 5.32 Å². The molecule has 1 aromatic heterocycles. The van der Waals surface area contributed by atoms with Crippen molar-refractivity contribution in [3.05, 3.63) is 76.0 Å². The number of thiophene rings is 1. The lowest BCUT2D eigenvalue weighted by Crippen LogP contribution is -2.12. The quantitative estimate of drug-likeness (QED) is 0.538. The Balaban J connectivity index is 1.56. The summed E-state index contributed by atoms with van der Waals surface area (Å²) in [6.45, 7) is 6.42. The second-order valence-electron chi connectivity index (χ2n) is 6.88. The van der Waals surface area contributed by atoms with Gasteiger partial charge in [0, 0.05) is 16.2 Å². The lowest BCUT2D eigenvalue weighted by atomic mass is 10.0. The molecular formula is C23H25NOS. The Bertz CT molecular complexity index is 863. The Kier molecular flexibility index (Phi) is 5.89. The fourth-order valence-electron chi connectivity index (χ4n) is 2.88. The minimum absolute atomic E-state index is 0.0772. The van der Waals surface area contributed by atoms with E-state index in [2.05, 4.69) is 68.6 Å². The summed E-state index contributed by atoms with van der Waals surface area (Å²) < 4.78 is 0. The van der Waals surface area contributed by atoms with Crippen molar-refractivity contribution in [2.24, 2.45) is 0 Å². The summed E-state index contributed by atoms with van der Waals surface area (Å²) in [6.07, 6.45) is 1.25. The normalized spacial score (nSPS) is 10.9. The van der Waals surface area contributed by atoms with Gasteiger partial charge in [-0.15, -0.1) is 11.3 Å². The van der Waals surface area contributed by atoms with Crippen LogP contribution in [0.25, 0.3) is 11.1 Å². The molecule has 0 fully saturated rings. The van der Waals surface area contributed by atoms with Crippen molar-refractivity contribution in [1.82, 2.24) is 0 Å². The zero-order chi connectivity index (χ0) is 18.5. The largest absolute Gasteiger partial charge is 0.325 e. The first-order chi connectivity index (χ1) is 12.5. The van der Waals surface area contributed by atoms with Crippen LogP contribution in [0, 0.1) is 6.92 Å². The number of carbonyl (C=O) groups excluding carboxylic acids is 1. The van der Waals surface area contributed by atoms with Gasteiger partial charge in [-0.05, 0) is 42.0 Å². The highest BCUT2D eigenvalue weighted by molar-refractivity contribution is 7.12. The Labute approximate surface area is 159 Å². The zero-order valence-corrected chi connectivity index (χ0v) is 16.4. The van der Waals surface area contributed by atoms with Crippen molar-refractivity contribution in [3.8, 4) is 11.1 Å². The number of hydrogen-bond acceptors (Lipinski definition) is 2. The molecule has 0 unspecified atom stereocenters. The van der Waals surface area contributed by atoms with Crippen molar-refractivity contribution in [2.45, 2.75) is 39.5 Å². The highest BCUT2D eigenvalue weighted by atomic mass is 32.1. The molecule has 0 aliphatic rings. The van der Waals surface area contributed by atoms with E-state index in [1.807, 2.05) is 18.2 Å². The Morgan fingerprint density at radius 2 is 1.65 bits per heavy atom. The highest BCUT2D eigenvalue weighted by Gasteiger charge is 2.11. The van der Waals surface area contributed by atoms with Gasteiger partial charge >= 0.3 is 0 Å². The van der Waals surface area contributed by atoms with Crippen molar-refractivity contribution in [2.75, 3.05) is 5.32 Å². The van der Waals surface area contributed by atoms with Crippen LogP contribution in [-0.4, -0.2) is 5.91 Å². The Morgan fingerprint density at radius 1 is 1.00 bits per heavy atom. The molecule has 0 saturated carbocycles. The van der Waals surface area contributed by atoms with Gasteiger partial charge in [-0.3, -0.25) is 4.79 Å². The van der Waals surface area contributed by atoms with E-state index < -0.39 is 0 Å². The molecule has 1 amide bonds. The summed E-state index contributed by atoms with van der Waals surface area (Å²) in [5, 5.41) is 3.06. The van der Waals surface area contributed by atoms with Crippen LogP contribution in [0.3, 0.4) is 0 Å². The third-order valence-electron chi connectivity index (χ3n) is 4.48. The molecular weight excluding hydrogens is 338 g/mol. The summed E-state index contributed by atoms with van der Waals surface area (Å²) in [6, 6.07) is 20.9. The molecule has 0 bridgehead atoms. The van der Waals surface area contributed by atoms with E-state index in [0.29, 0.717) is 12.3 Å². The third kappa shape index (κ3) is 4.61. The van der Waals surface area contributed by atoms with E-state index in [1.54, 1.807) is 11.3 Å². The lowest BCUT2D eigenvalue weighted by molar-refractivity contribution is -0.116. The number of aryl methyl sites for hydroxylation is 2. The zero-order valence-electron chi connectivity index (χ0n) is 15.6. The predicted molar refractivity (Wildman–Crippen MR) is 112 cm³/mol. The first-order valence-electron chi connectivity index (χ1n) is 9.07. The topological polar surface area (TPSA) is 29.1 Å². The van der Waals surface area contributed by atoms with Crippen LogP contribution in [0.2, 0.25) is 0 Å². The average molecular weight is 364 g/mol. The van der Waals surface area contributed by atoms with Crippen molar-refractivity contribution < 1.29 is 4.79 Å². The molecule has 0 radical (unpaired) electrons. The van der Waals surface area contributed by atoms with Gasteiger partial charge in [0.2, 0.25) is 5.91 Å². The van der Waals surface area contributed by atoms with Gasteiger partial charge < -0.3 is 5.32 Å². The van der Waals surface area contributed by atoms with Gasteiger partial charge in [-0.2, -0.15) is 0 Å². The first kappa shape index (κ1) is 18.4. The summed E-state index contributed by atoms with van der Waals surface area (Å²) in [7, 11) is 0. The lowest BCUT2D eigenvalue weighted by Gasteiger charge is -2.06. The molecule has 1 heterocycles. The molecule has 0 saturated heterocycles. The fourth-order valence-corrected chi connectivity index (χ4v) is 3.86. The molecule has 2 aromatic carbocycles. The maximum atomic E-state index is 12.3. The van der Waals surface area contributed by atoms with Crippen molar-refractivity contribution >= 4 is 22.9 Å². The Hall–Kier alpha value is -2.39. The van der Waals surface area contributed by atoms with E-state index in [0.717, 1.165) is 12.1 Å². The summed E-state index contributed by atoms with van der Waals surface area (Å²) in [4.78, 5) is 14.8. The second-order valence-corrected chi connectivity index (χ2v) is 8.17. The minimum Gasteiger partial charge on any atom is -0.325 e. The van der Waals surface area contributed by atoms with Gasteiger partial charge in [-0.25, -0.2) is 0 Å². The van der Waals surface area contributed by atoms with Crippen molar-refractivity contribution in [1.29, 1.82) is 0 Å². The number of rotatable bonds is 6. The highest BCUT2D eigenvalue weighted by Crippen LogP contribution is 2.31. The van der Waals surface area contributed by atoms with E-state index in [-0.39, 0.29) is 5.91 Å². The van der Waals surface area contributed by atoms with Crippen LogP contribution in [0.15, 0.2) is 60.7 Å². The fraction of sp³-hybridized carbons (Fsp3) is 0.261. The average Bonchev–Trinajstić information content (AvgIpc) is 3.02. The van der Waals surface area contributed by atoms with Crippen LogP contribution >= 0.6 is 11.3 Å². The second kappa shape index (κ2) is 8.33. The maximum Gasteiger partial charge on any atom is 0.224 e. The molecule has 0 spiro atoms. The summed E-state index contributed by atoms with van der Waals surface area (Å²) in [5.74, 6) is 0.570. The van der Waals surface area contributed by atoms with Crippen LogP contribution in [0.1, 0.15) is 41.5 Å². The molecule has 26 heavy (non-hydrogen) atoms. The third-order valence-corrected chi connectivity index (χ3v) is 5.83. The van der Waals surface area contributed by atoms with Crippen LogP contribution in [-0.2, 0) is 11.2 Å². The Morgan fingerprint density at radius 3 is 2.27 bits per heavy atom. The number of hydrogen-bond donors (Lipinski definition) is 1. The molecule has 3 rings (SSSR count). The number of anilines is 1. The van der Waals surface area contributed by atoms with Crippen LogP contribution in [0.4, 0.5) is 5.69 Å². The molecule has 0 aliphatic heterocycles. The first-order valence-corrected chi connectivity index (χ1v) is 9.89. The number of amides is 1. The molecule has 134 valence electrons. The van der Waals surface area contributed by atoms with Crippen LogP contribution in [0.5, 0.6) is 0 Å². The van der Waals surface area contributed by atoms with Crippen molar-refractivity contribution in [3.63, 3.8) is 0 Å². The monoisotopic (exact) mass is 363 g/mol. The van der Waals surface area contributed by atoms with Gasteiger partial charge in [0.15, 0.2) is 0 Å². The minimum atomic E-state index is 0.0772. The van der Waals surface area contributed by atoms with E-state index in [9.17, 15) is 4.79 Å². The maximum absolute atomic E-state index is 12.3. The van der Waals surface area contributed by atoms with E-state index in [4.69, 9.17) is 0 Å².